The third kappa shape index (κ3) is 1.42. The van der Waals surface area contributed by atoms with Gasteiger partial charge < -0.3 is 5.43 Å². The number of hydrazine groups is 1. The quantitative estimate of drug-likeness (QED) is 0.531. The fraction of sp³-hybridized carbons (Fsp3) is 0.182. The first-order valence-corrected chi connectivity index (χ1v) is 4.55. The number of fused-ring (bicyclic) bond motifs is 1. The molecule has 1 aromatic carbocycles. The summed E-state index contributed by atoms with van der Waals surface area (Å²) in [6, 6.07) is 8.20. The van der Waals surface area contributed by atoms with Gasteiger partial charge in [-0.15, -0.1) is 0 Å². The minimum atomic E-state index is 0.878. The van der Waals surface area contributed by atoms with Crippen LogP contribution in [0.2, 0.25) is 0 Å². The third-order valence-corrected chi connectivity index (χ3v) is 2.32. The average molecular weight is 187 g/mol. The molecule has 0 saturated carbocycles. The van der Waals surface area contributed by atoms with Crippen LogP contribution in [0.15, 0.2) is 24.3 Å². The molecule has 3 heteroatoms. The molecule has 3 nitrogen and oxygen atoms in total. The van der Waals surface area contributed by atoms with Gasteiger partial charge in [-0.25, -0.2) is 0 Å². The van der Waals surface area contributed by atoms with Crippen LogP contribution >= 0.6 is 0 Å². The largest absolute Gasteiger partial charge is 0.322 e. The molecule has 0 spiro atoms. The summed E-state index contributed by atoms with van der Waals surface area (Å²) < 4.78 is 0. The van der Waals surface area contributed by atoms with Crippen molar-refractivity contribution in [2.45, 2.75) is 13.8 Å². The van der Waals surface area contributed by atoms with Gasteiger partial charge in [0.2, 0.25) is 0 Å². The second-order valence-electron chi connectivity index (χ2n) is 3.46. The van der Waals surface area contributed by atoms with E-state index < -0.39 is 0 Å². The number of hydrogen-bond acceptors (Lipinski definition) is 3. The second kappa shape index (κ2) is 3.27. The summed E-state index contributed by atoms with van der Waals surface area (Å²) in [5.41, 5.74) is 6.68. The van der Waals surface area contributed by atoms with Crippen LogP contribution in [0.25, 0.3) is 10.9 Å². The van der Waals surface area contributed by atoms with Gasteiger partial charge in [-0.1, -0.05) is 11.6 Å². The number of aromatic nitrogens is 1. The Hall–Kier alpha value is -1.61. The molecule has 0 saturated heterocycles. The first kappa shape index (κ1) is 8.97. The molecule has 0 amide bonds. The first-order chi connectivity index (χ1) is 6.70. The zero-order chi connectivity index (χ0) is 10.1. The molecule has 1 aromatic heterocycles. The number of benzene rings is 1. The molecule has 72 valence electrons. The summed E-state index contributed by atoms with van der Waals surface area (Å²) in [4.78, 5) is 4.45. The van der Waals surface area contributed by atoms with E-state index in [0.29, 0.717) is 0 Å². The molecule has 0 unspecified atom stereocenters. The molecule has 0 aliphatic carbocycles. The van der Waals surface area contributed by atoms with Crippen molar-refractivity contribution in [3.63, 3.8) is 0 Å². The van der Waals surface area contributed by atoms with Gasteiger partial charge in [-0.3, -0.25) is 10.8 Å². The van der Waals surface area contributed by atoms with Crippen LogP contribution in [0.3, 0.4) is 0 Å². The fourth-order valence-electron chi connectivity index (χ4n) is 1.54. The maximum atomic E-state index is 5.39. The zero-order valence-electron chi connectivity index (χ0n) is 8.33. The highest BCUT2D eigenvalue weighted by molar-refractivity contribution is 5.83. The minimum Gasteiger partial charge on any atom is -0.322 e. The van der Waals surface area contributed by atoms with Gasteiger partial charge in [0.25, 0.3) is 0 Å². The van der Waals surface area contributed by atoms with E-state index in [1.165, 1.54) is 5.56 Å². The summed E-state index contributed by atoms with van der Waals surface area (Å²) in [6.07, 6.45) is 0. The zero-order valence-corrected chi connectivity index (χ0v) is 8.33. The van der Waals surface area contributed by atoms with Crippen molar-refractivity contribution in [3.8, 4) is 0 Å². The summed E-state index contributed by atoms with van der Waals surface area (Å²) >= 11 is 0. The SMILES string of the molecule is Cc1ccc2nc(C)c(NN)cc2c1. The van der Waals surface area contributed by atoms with Crippen molar-refractivity contribution in [2.75, 3.05) is 5.43 Å². The van der Waals surface area contributed by atoms with Crippen LogP contribution in [0.4, 0.5) is 5.69 Å². The van der Waals surface area contributed by atoms with E-state index in [-0.39, 0.29) is 0 Å². The number of nitrogens with one attached hydrogen (secondary N) is 1. The number of nitrogen functional groups attached to an aromatic ring is 1. The summed E-state index contributed by atoms with van der Waals surface area (Å²) in [7, 11) is 0. The molecular weight excluding hydrogens is 174 g/mol. The maximum absolute atomic E-state index is 5.39. The Labute approximate surface area is 82.9 Å². The van der Waals surface area contributed by atoms with Gasteiger partial charge in [-0.05, 0) is 32.0 Å². The van der Waals surface area contributed by atoms with Crippen molar-refractivity contribution in [1.29, 1.82) is 0 Å². The van der Waals surface area contributed by atoms with Crippen LogP contribution in [-0.2, 0) is 0 Å². The van der Waals surface area contributed by atoms with Crippen molar-refractivity contribution >= 4 is 16.6 Å². The number of anilines is 1. The van der Waals surface area contributed by atoms with Crippen LogP contribution in [0.5, 0.6) is 0 Å². The Morgan fingerprint density at radius 2 is 2.00 bits per heavy atom. The van der Waals surface area contributed by atoms with E-state index >= 15 is 0 Å². The minimum absolute atomic E-state index is 0.878. The summed E-state index contributed by atoms with van der Waals surface area (Å²) in [5, 5.41) is 1.11. The van der Waals surface area contributed by atoms with Gasteiger partial charge in [0.05, 0.1) is 16.9 Å². The highest BCUT2D eigenvalue weighted by Crippen LogP contribution is 2.20. The molecule has 0 atom stereocenters. The average Bonchev–Trinajstić information content (AvgIpc) is 2.17. The fourth-order valence-corrected chi connectivity index (χ4v) is 1.54. The number of rotatable bonds is 1. The normalized spacial score (nSPS) is 10.5. The maximum Gasteiger partial charge on any atom is 0.0707 e. The lowest BCUT2D eigenvalue weighted by Crippen LogP contribution is -2.08. The lowest BCUT2D eigenvalue weighted by molar-refractivity contribution is 1.21. The monoisotopic (exact) mass is 187 g/mol. The number of hydrogen-bond donors (Lipinski definition) is 2. The van der Waals surface area contributed by atoms with Crippen LogP contribution in [-0.4, -0.2) is 4.98 Å². The van der Waals surface area contributed by atoms with Crippen LogP contribution < -0.4 is 11.3 Å². The number of nitrogens with zero attached hydrogens (tertiary/aromatic N) is 1. The van der Waals surface area contributed by atoms with Crippen molar-refractivity contribution in [1.82, 2.24) is 4.98 Å². The molecule has 2 rings (SSSR count). The molecule has 1 heterocycles. The topological polar surface area (TPSA) is 50.9 Å². The van der Waals surface area contributed by atoms with Crippen molar-refractivity contribution in [2.24, 2.45) is 5.84 Å². The number of nitrogens with two attached hydrogens (primary N) is 1. The molecule has 0 fully saturated rings. The number of aryl methyl sites for hydroxylation is 2. The lowest BCUT2D eigenvalue weighted by atomic mass is 10.1. The molecule has 0 aliphatic heterocycles. The molecule has 3 N–H and O–H groups in total. The van der Waals surface area contributed by atoms with E-state index in [0.717, 1.165) is 22.3 Å². The van der Waals surface area contributed by atoms with Gasteiger partial charge in [-0.2, -0.15) is 0 Å². The highest BCUT2D eigenvalue weighted by atomic mass is 15.2. The van der Waals surface area contributed by atoms with E-state index in [4.69, 9.17) is 5.84 Å². The highest BCUT2D eigenvalue weighted by Gasteiger charge is 2.01. The molecule has 2 aromatic rings. The molecule has 0 bridgehead atoms. The Balaban J connectivity index is 2.73. The van der Waals surface area contributed by atoms with Gasteiger partial charge >= 0.3 is 0 Å². The Morgan fingerprint density at radius 1 is 1.21 bits per heavy atom. The Bertz CT molecular complexity index is 477. The van der Waals surface area contributed by atoms with E-state index in [2.05, 4.69) is 29.5 Å². The van der Waals surface area contributed by atoms with Crippen molar-refractivity contribution < 1.29 is 0 Å². The van der Waals surface area contributed by atoms with Gasteiger partial charge in [0, 0.05) is 5.39 Å². The van der Waals surface area contributed by atoms with E-state index in [9.17, 15) is 0 Å². The van der Waals surface area contributed by atoms with Gasteiger partial charge in [0.15, 0.2) is 0 Å². The molecule has 0 aliphatic rings. The summed E-state index contributed by atoms with van der Waals surface area (Å²) in [5.74, 6) is 5.39. The molecular formula is C11H13N3. The molecule has 14 heavy (non-hydrogen) atoms. The van der Waals surface area contributed by atoms with Crippen LogP contribution in [0.1, 0.15) is 11.3 Å². The third-order valence-electron chi connectivity index (χ3n) is 2.32. The van der Waals surface area contributed by atoms with E-state index in [1.54, 1.807) is 0 Å². The summed E-state index contributed by atoms with van der Waals surface area (Å²) in [6.45, 7) is 4.00. The molecule has 0 radical (unpaired) electrons. The second-order valence-corrected chi connectivity index (χ2v) is 3.46. The predicted molar refractivity (Wildman–Crippen MR) is 59.0 cm³/mol. The number of pyridine rings is 1. The predicted octanol–water partition coefficient (Wildman–Crippen LogP) is 2.14. The first-order valence-electron chi connectivity index (χ1n) is 4.55. The van der Waals surface area contributed by atoms with Crippen molar-refractivity contribution in [3.05, 3.63) is 35.5 Å². The Morgan fingerprint density at radius 3 is 2.71 bits per heavy atom. The van der Waals surface area contributed by atoms with E-state index in [1.807, 2.05) is 19.1 Å². The lowest BCUT2D eigenvalue weighted by Gasteiger charge is -2.06. The van der Waals surface area contributed by atoms with Crippen LogP contribution in [0, 0.1) is 13.8 Å². The standard InChI is InChI=1S/C11H13N3/c1-7-3-4-10-9(5-7)6-11(14-12)8(2)13-10/h3-6,14H,12H2,1-2H3. The van der Waals surface area contributed by atoms with Gasteiger partial charge in [0.1, 0.15) is 0 Å². The smallest absolute Gasteiger partial charge is 0.0707 e. The Kier molecular flexibility index (Phi) is 2.09.